The highest BCUT2D eigenvalue weighted by atomic mass is 32.2. The Balaban J connectivity index is 2.08. The molecule has 0 saturated carbocycles. The Bertz CT molecular complexity index is 775. The number of amides is 1. The molecule has 0 aromatic heterocycles. The Morgan fingerprint density at radius 1 is 1.26 bits per heavy atom. The molecule has 1 aromatic rings. The first kappa shape index (κ1) is 21.4. The SMILES string of the molecule is CCCC[C@@H](N=C1NS(=O)(=O)c2ccccc21)C(=O)NCCCOC(C)C. The van der Waals surface area contributed by atoms with Crippen molar-refractivity contribution in [3.05, 3.63) is 29.8 Å². The van der Waals surface area contributed by atoms with Crippen molar-refractivity contribution in [2.75, 3.05) is 13.2 Å². The molecular weight excluding hydrogens is 366 g/mol. The van der Waals surface area contributed by atoms with Crippen LogP contribution in [-0.2, 0) is 19.6 Å². The molecule has 7 nitrogen and oxygen atoms in total. The summed E-state index contributed by atoms with van der Waals surface area (Å²) in [5.74, 6) is 0.0501. The summed E-state index contributed by atoms with van der Waals surface area (Å²) >= 11 is 0. The predicted octanol–water partition coefficient (Wildman–Crippen LogP) is 2.22. The number of nitrogens with one attached hydrogen (secondary N) is 2. The summed E-state index contributed by atoms with van der Waals surface area (Å²) in [7, 11) is -3.61. The van der Waals surface area contributed by atoms with E-state index < -0.39 is 16.1 Å². The van der Waals surface area contributed by atoms with E-state index in [2.05, 4.69) is 15.0 Å². The molecule has 1 heterocycles. The summed E-state index contributed by atoms with van der Waals surface area (Å²) in [6, 6.07) is 6.04. The number of amidine groups is 1. The summed E-state index contributed by atoms with van der Waals surface area (Å²) < 4.78 is 32.4. The van der Waals surface area contributed by atoms with Gasteiger partial charge >= 0.3 is 0 Å². The van der Waals surface area contributed by atoms with E-state index in [0.717, 1.165) is 19.3 Å². The highest BCUT2D eigenvalue weighted by molar-refractivity contribution is 7.90. The van der Waals surface area contributed by atoms with E-state index in [-0.39, 0.29) is 22.7 Å². The lowest BCUT2D eigenvalue weighted by molar-refractivity contribution is -0.122. The molecule has 1 aliphatic rings. The summed E-state index contributed by atoms with van der Waals surface area (Å²) in [4.78, 5) is 17.2. The lowest BCUT2D eigenvalue weighted by Gasteiger charge is -2.14. The lowest BCUT2D eigenvalue weighted by atomic mass is 10.1. The van der Waals surface area contributed by atoms with Gasteiger partial charge in [-0.25, -0.2) is 8.42 Å². The van der Waals surface area contributed by atoms with E-state index >= 15 is 0 Å². The number of unbranched alkanes of at least 4 members (excludes halogenated alkanes) is 1. The van der Waals surface area contributed by atoms with Gasteiger partial charge in [0.2, 0.25) is 5.91 Å². The number of hydrogen-bond donors (Lipinski definition) is 2. The predicted molar refractivity (Wildman–Crippen MR) is 105 cm³/mol. The maximum Gasteiger partial charge on any atom is 0.263 e. The third-order valence-corrected chi connectivity index (χ3v) is 5.55. The van der Waals surface area contributed by atoms with E-state index in [9.17, 15) is 13.2 Å². The van der Waals surface area contributed by atoms with Crippen molar-refractivity contribution in [1.29, 1.82) is 0 Å². The van der Waals surface area contributed by atoms with Gasteiger partial charge in [-0.3, -0.25) is 14.5 Å². The second kappa shape index (κ2) is 9.85. The second-order valence-corrected chi connectivity index (χ2v) is 8.45. The summed E-state index contributed by atoms with van der Waals surface area (Å²) in [6.45, 7) is 7.06. The van der Waals surface area contributed by atoms with Crippen molar-refractivity contribution in [2.24, 2.45) is 4.99 Å². The first-order valence-corrected chi connectivity index (χ1v) is 10.9. The van der Waals surface area contributed by atoms with Crippen LogP contribution < -0.4 is 10.0 Å². The van der Waals surface area contributed by atoms with Crippen molar-refractivity contribution < 1.29 is 17.9 Å². The van der Waals surface area contributed by atoms with E-state index in [1.807, 2.05) is 20.8 Å². The molecule has 1 amide bonds. The van der Waals surface area contributed by atoms with E-state index in [4.69, 9.17) is 4.74 Å². The van der Waals surface area contributed by atoms with Crippen molar-refractivity contribution >= 4 is 21.8 Å². The van der Waals surface area contributed by atoms with Crippen LogP contribution in [0, 0.1) is 0 Å². The number of sulfonamides is 1. The van der Waals surface area contributed by atoms with Gasteiger partial charge in [-0.1, -0.05) is 31.9 Å². The van der Waals surface area contributed by atoms with Crippen LogP contribution in [0.2, 0.25) is 0 Å². The Morgan fingerprint density at radius 3 is 2.70 bits per heavy atom. The molecule has 0 radical (unpaired) electrons. The highest BCUT2D eigenvalue weighted by Gasteiger charge is 2.31. The van der Waals surface area contributed by atoms with E-state index in [0.29, 0.717) is 25.1 Å². The maximum atomic E-state index is 12.6. The van der Waals surface area contributed by atoms with Gasteiger partial charge in [-0.05, 0) is 38.8 Å². The fraction of sp³-hybridized carbons (Fsp3) is 0.579. The second-order valence-electron chi connectivity index (χ2n) is 6.80. The fourth-order valence-electron chi connectivity index (χ4n) is 2.76. The number of fused-ring (bicyclic) bond motifs is 1. The topological polar surface area (TPSA) is 96.9 Å². The number of aliphatic imine (C=N–C) groups is 1. The molecule has 0 spiro atoms. The molecule has 1 aliphatic heterocycles. The van der Waals surface area contributed by atoms with E-state index in [1.54, 1.807) is 18.2 Å². The number of ether oxygens (including phenoxy) is 1. The zero-order valence-corrected chi connectivity index (χ0v) is 17.0. The van der Waals surface area contributed by atoms with Crippen LogP contribution in [0.4, 0.5) is 0 Å². The first-order chi connectivity index (χ1) is 12.8. The minimum absolute atomic E-state index is 0.167. The molecule has 0 saturated heterocycles. The van der Waals surface area contributed by atoms with Crippen molar-refractivity contribution in [2.45, 2.75) is 63.5 Å². The van der Waals surface area contributed by atoms with Gasteiger partial charge in [0.05, 0.1) is 11.0 Å². The summed E-state index contributed by atoms with van der Waals surface area (Å²) in [5, 5.41) is 2.88. The van der Waals surface area contributed by atoms with Gasteiger partial charge in [0.1, 0.15) is 11.9 Å². The van der Waals surface area contributed by atoms with Crippen LogP contribution in [0.5, 0.6) is 0 Å². The van der Waals surface area contributed by atoms with Gasteiger partial charge in [-0.15, -0.1) is 0 Å². The van der Waals surface area contributed by atoms with Gasteiger partial charge in [0, 0.05) is 18.7 Å². The quantitative estimate of drug-likeness (QED) is 0.594. The monoisotopic (exact) mass is 395 g/mol. The standard InChI is InChI=1S/C19H29N3O4S/c1-4-5-10-16(19(23)20-12-8-13-26-14(2)3)21-18-15-9-6-7-11-17(15)27(24,25)22-18/h6-7,9,11,14,16H,4-5,8,10,12-13H2,1-3H3,(H,20,23)(H,21,22)/t16-/m1/s1. The largest absolute Gasteiger partial charge is 0.379 e. The minimum atomic E-state index is -3.61. The number of hydrogen-bond acceptors (Lipinski definition) is 5. The van der Waals surface area contributed by atoms with Crippen LogP contribution in [0.1, 0.15) is 52.0 Å². The minimum Gasteiger partial charge on any atom is -0.379 e. The zero-order valence-electron chi connectivity index (χ0n) is 16.2. The van der Waals surface area contributed by atoms with Crippen LogP contribution in [0.3, 0.4) is 0 Å². The lowest BCUT2D eigenvalue weighted by Crippen LogP contribution is -2.36. The molecule has 2 N–H and O–H groups in total. The molecule has 0 fully saturated rings. The Kier molecular flexibility index (Phi) is 7.79. The van der Waals surface area contributed by atoms with Gasteiger partial charge in [0.25, 0.3) is 10.0 Å². The molecule has 8 heteroatoms. The van der Waals surface area contributed by atoms with Crippen LogP contribution in [-0.4, -0.2) is 45.5 Å². The van der Waals surface area contributed by atoms with Crippen molar-refractivity contribution in [3.63, 3.8) is 0 Å². The average molecular weight is 396 g/mol. The van der Waals surface area contributed by atoms with Crippen molar-refractivity contribution in [1.82, 2.24) is 10.0 Å². The van der Waals surface area contributed by atoms with Crippen LogP contribution in [0.15, 0.2) is 34.2 Å². The molecular formula is C19H29N3O4S. The normalized spacial score (nSPS) is 17.6. The Labute approximate surface area is 161 Å². The third kappa shape index (κ3) is 6.04. The fourth-order valence-corrected chi connectivity index (χ4v) is 4.00. The first-order valence-electron chi connectivity index (χ1n) is 9.44. The zero-order chi connectivity index (χ0) is 19.9. The van der Waals surface area contributed by atoms with E-state index in [1.165, 1.54) is 6.07 Å². The average Bonchev–Trinajstić information content (AvgIpc) is 2.88. The summed E-state index contributed by atoms with van der Waals surface area (Å²) in [6.07, 6.45) is 3.22. The number of benzene rings is 1. The molecule has 1 atom stereocenters. The Hall–Kier alpha value is -1.93. The number of nitrogens with zero attached hydrogens (tertiary/aromatic N) is 1. The third-order valence-electron chi connectivity index (χ3n) is 4.15. The van der Waals surface area contributed by atoms with Crippen LogP contribution >= 0.6 is 0 Å². The smallest absolute Gasteiger partial charge is 0.263 e. The molecule has 2 rings (SSSR count). The molecule has 0 aliphatic carbocycles. The molecule has 150 valence electrons. The highest BCUT2D eigenvalue weighted by Crippen LogP contribution is 2.23. The van der Waals surface area contributed by atoms with Crippen LogP contribution in [0.25, 0.3) is 0 Å². The van der Waals surface area contributed by atoms with Gasteiger partial charge in [-0.2, -0.15) is 0 Å². The maximum absolute atomic E-state index is 12.6. The number of carbonyl (C=O) groups is 1. The van der Waals surface area contributed by atoms with Gasteiger partial charge in [0.15, 0.2) is 0 Å². The number of carbonyl (C=O) groups excluding carboxylic acids is 1. The number of rotatable bonds is 10. The molecule has 1 aromatic carbocycles. The molecule has 0 unspecified atom stereocenters. The van der Waals surface area contributed by atoms with Crippen molar-refractivity contribution in [3.8, 4) is 0 Å². The Morgan fingerprint density at radius 2 is 2.00 bits per heavy atom. The summed E-state index contributed by atoms with van der Waals surface area (Å²) in [5.41, 5.74) is 0.511. The molecule has 0 bridgehead atoms. The molecule has 27 heavy (non-hydrogen) atoms. The van der Waals surface area contributed by atoms with Gasteiger partial charge < -0.3 is 10.1 Å².